The van der Waals surface area contributed by atoms with E-state index in [1.807, 2.05) is 0 Å². The molecule has 1 saturated heterocycles. The summed E-state index contributed by atoms with van der Waals surface area (Å²) in [6.07, 6.45) is 10.4. The lowest BCUT2D eigenvalue weighted by Crippen LogP contribution is -2.53. The fourth-order valence-corrected chi connectivity index (χ4v) is 4.32. The Balaban J connectivity index is 1.51. The number of nitrogens with zero attached hydrogens (tertiary/aromatic N) is 1. The van der Waals surface area contributed by atoms with Crippen LogP contribution in [0.1, 0.15) is 51.9 Å². The van der Waals surface area contributed by atoms with Gasteiger partial charge >= 0.3 is 0 Å². The average Bonchev–Trinajstić information content (AvgIpc) is 3.16. The number of rotatable bonds is 4. The molecule has 4 fully saturated rings. The molecule has 4 aliphatic rings. The Morgan fingerprint density at radius 3 is 2.28 bits per heavy atom. The summed E-state index contributed by atoms with van der Waals surface area (Å²) < 4.78 is 0. The van der Waals surface area contributed by atoms with Crippen molar-refractivity contribution in [2.45, 2.75) is 63.5 Å². The molecular formula is C16H28N2. The largest absolute Gasteiger partial charge is 0.310 e. The molecule has 0 aromatic rings. The van der Waals surface area contributed by atoms with Crippen molar-refractivity contribution in [3.63, 3.8) is 0 Å². The molecule has 1 heterocycles. The molecule has 2 nitrogen and oxygen atoms in total. The Bertz CT molecular complexity index is 305. The highest BCUT2D eigenvalue weighted by atomic mass is 15.2. The van der Waals surface area contributed by atoms with Crippen LogP contribution in [-0.2, 0) is 0 Å². The number of hydrogen-bond acceptors (Lipinski definition) is 2. The van der Waals surface area contributed by atoms with Crippen molar-refractivity contribution in [1.29, 1.82) is 0 Å². The van der Waals surface area contributed by atoms with Crippen LogP contribution < -0.4 is 5.32 Å². The smallest absolute Gasteiger partial charge is 0.0308 e. The molecule has 18 heavy (non-hydrogen) atoms. The predicted octanol–water partition coefficient (Wildman–Crippen LogP) is 2.64. The van der Waals surface area contributed by atoms with Crippen LogP contribution in [0.5, 0.6) is 0 Å². The van der Waals surface area contributed by atoms with E-state index in [0.717, 1.165) is 23.8 Å². The zero-order valence-electron chi connectivity index (χ0n) is 11.8. The zero-order chi connectivity index (χ0) is 12.2. The first-order valence-corrected chi connectivity index (χ1v) is 8.25. The van der Waals surface area contributed by atoms with Gasteiger partial charge in [-0.3, -0.25) is 4.90 Å². The molecular weight excluding hydrogens is 220 g/mol. The summed E-state index contributed by atoms with van der Waals surface area (Å²) in [6, 6.07) is 0.961. The van der Waals surface area contributed by atoms with Crippen molar-refractivity contribution < 1.29 is 0 Å². The van der Waals surface area contributed by atoms with Crippen LogP contribution in [0.2, 0.25) is 0 Å². The van der Waals surface area contributed by atoms with Gasteiger partial charge in [0.2, 0.25) is 0 Å². The molecule has 2 heteroatoms. The van der Waals surface area contributed by atoms with E-state index in [1.54, 1.807) is 0 Å². The van der Waals surface area contributed by atoms with Gasteiger partial charge in [-0.2, -0.15) is 0 Å². The summed E-state index contributed by atoms with van der Waals surface area (Å²) in [4.78, 5) is 2.91. The van der Waals surface area contributed by atoms with Gasteiger partial charge in [-0.05, 0) is 82.7 Å². The minimum Gasteiger partial charge on any atom is -0.310 e. The first-order valence-electron chi connectivity index (χ1n) is 8.25. The lowest BCUT2D eigenvalue weighted by Gasteiger charge is -2.38. The maximum Gasteiger partial charge on any atom is 0.0308 e. The van der Waals surface area contributed by atoms with Gasteiger partial charge in [0, 0.05) is 18.1 Å². The zero-order valence-corrected chi connectivity index (χ0v) is 11.8. The van der Waals surface area contributed by atoms with Gasteiger partial charge in [0.25, 0.3) is 0 Å². The van der Waals surface area contributed by atoms with Crippen LogP contribution in [0, 0.1) is 17.8 Å². The summed E-state index contributed by atoms with van der Waals surface area (Å²) in [6.45, 7) is 6.42. The third-order valence-corrected chi connectivity index (χ3v) is 5.79. The second-order valence-electron chi connectivity index (χ2n) is 7.61. The average molecular weight is 248 g/mol. The van der Waals surface area contributed by atoms with Crippen molar-refractivity contribution in [3.8, 4) is 0 Å². The van der Waals surface area contributed by atoms with Crippen LogP contribution >= 0.6 is 0 Å². The summed E-state index contributed by atoms with van der Waals surface area (Å²) in [7, 11) is 0. The first-order chi connectivity index (χ1) is 8.76. The highest BCUT2D eigenvalue weighted by Crippen LogP contribution is 2.49. The summed E-state index contributed by atoms with van der Waals surface area (Å²) >= 11 is 0. The monoisotopic (exact) mass is 248 g/mol. The summed E-state index contributed by atoms with van der Waals surface area (Å²) in [5, 5.41) is 3.88. The van der Waals surface area contributed by atoms with E-state index >= 15 is 0 Å². The Morgan fingerprint density at radius 2 is 1.72 bits per heavy atom. The molecule has 0 aromatic carbocycles. The molecule has 1 unspecified atom stereocenters. The minimum atomic E-state index is 0.429. The van der Waals surface area contributed by atoms with Gasteiger partial charge in [0.15, 0.2) is 0 Å². The molecule has 0 spiro atoms. The molecule has 0 amide bonds. The van der Waals surface area contributed by atoms with E-state index in [4.69, 9.17) is 0 Å². The molecule has 1 aliphatic heterocycles. The fraction of sp³-hybridized carbons (Fsp3) is 1.00. The second-order valence-corrected chi connectivity index (χ2v) is 7.61. The SMILES string of the molecule is CC1(C2CC2)CN(C(C2CC2)C2CC2)CCCN1. The van der Waals surface area contributed by atoms with E-state index < -0.39 is 0 Å². The molecule has 1 N–H and O–H groups in total. The molecule has 0 aromatic heterocycles. The Hall–Kier alpha value is -0.0800. The quantitative estimate of drug-likeness (QED) is 0.823. The van der Waals surface area contributed by atoms with Crippen LogP contribution in [0.15, 0.2) is 0 Å². The standard InChI is InChI=1S/C16H28N2/c1-16(14-7-8-14)11-18(10-2-9-17-16)15(12-3-4-12)13-5-6-13/h12-15,17H,2-11H2,1H3. The van der Waals surface area contributed by atoms with E-state index in [2.05, 4.69) is 17.1 Å². The normalized spacial score (nSPS) is 39.0. The van der Waals surface area contributed by atoms with Gasteiger partial charge in [-0.25, -0.2) is 0 Å². The number of hydrogen-bond donors (Lipinski definition) is 1. The van der Waals surface area contributed by atoms with Crippen molar-refractivity contribution in [2.24, 2.45) is 17.8 Å². The van der Waals surface area contributed by atoms with Crippen molar-refractivity contribution >= 4 is 0 Å². The Morgan fingerprint density at radius 1 is 1.06 bits per heavy atom. The molecule has 1 atom stereocenters. The number of nitrogens with one attached hydrogen (secondary N) is 1. The summed E-state index contributed by atoms with van der Waals surface area (Å²) in [5.41, 5.74) is 0.429. The van der Waals surface area contributed by atoms with Crippen LogP contribution in [0.3, 0.4) is 0 Å². The minimum absolute atomic E-state index is 0.429. The van der Waals surface area contributed by atoms with Crippen molar-refractivity contribution in [1.82, 2.24) is 10.2 Å². The van der Waals surface area contributed by atoms with E-state index in [-0.39, 0.29) is 0 Å². The molecule has 0 radical (unpaired) electrons. The van der Waals surface area contributed by atoms with Gasteiger partial charge in [0.1, 0.15) is 0 Å². The van der Waals surface area contributed by atoms with E-state index in [1.165, 1.54) is 64.6 Å². The van der Waals surface area contributed by atoms with E-state index in [9.17, 15) is 0 Å². The third-order valence-electron chi connectivity index (χ3n) is 5.79. The Kier molecular flexibility index (Phi) is 2.74. The van der Waals surface area contributed by atoms with Crippen LogP contribution in [0.25, 0.3) is 0 Å². The van der Waals surface area contributed by atoms with Crippen molar-refractivity contribution in [2.75, 3.05) is 19.6 Å². The highest BCUT2D eigenvalue weighted by molar-refractivity contribution is 5.05. The third kappa shape index (κ3) is 2.22. The lowest BCUT2D eigenvalue weighted by atomic mass is 9.93. The molecule has 102 valence electrons. The molecule has 3 saturated carbocycles. The molecule has 4 rings (SSSR count). The van der Waals surface area contributed by atoms with Gasteiger partial charge in [0.05, 0.1) is 0 Å². The van der Waals surface area contributed by atoms with Crippen LogP contribution in [-0.4, -0.2) is 36.1 Å². The topological polar surface area (TPSA) is 15.3 Å². The van der Waals surface area contributed by atoms with Gasteiger partial charge < -0.3 is 5.32 Å². The molecule has 3 aliphatic carbocycles. The Labute approximate surface area is 111 Å². The maximum atomic E-state index is 3.88. The predicted molar refractivity (Wildman–Crippen MR) is 74.6 cm³/mol. The first kappa shape index (κ1) is 11.7. The van der Waals surface area contributed by atoms with E-state index in [0.29, 0.717) is 5.54 Å². The van der Waals surface area contributed by atoms with Gasteiger partial charge in [-0.15, -0.1) is 0 Å². The second kappa shape index (κ2) is 4.21. The lowest BCUT2D eigenvalue weighted by molar-refractivity contribution is 0.122. The van der Waals surface area contributed by atoms with Gasteiger partial charge in [-0.1, -0.05) is 0 Å². The van der Waals surface area contributed by atoms with Crippen LogP contribution in [0.4, 0.5) is 0 Å². The maximum absolute atomic E-state index is 3.88. The highest BCUT2D eigenvalue weighted by Gasteiger charge is 2.49. The summed E-state index contributed by atoms with van der Waals surface area (Å²) in [5.74, 6) is 3.11. The molecule has 0 bridgehead atoms. The van der Waals surface area contributed by atoms with Crippen molar-refractivity contribution in [3.05, 3.63) is 0 Å². The fourth-order valence-electron chi connectivity index (χ4n) is 4.32.